The normalized spacial score (nSPS) is 13.8. The molecule has 1 aromatic carbocycles. The summed E-state index contributed by atoms with van der Waals surface area (Å²) in [6.45, 7) is 4.06. The van der Waals surface area contributed by atoms with Crippen LogP contribution in [-0.2, 0) is 0 Å². The van der Waals surface area contributed by atoms with Crippen LogP contribution in [-0.4, -0.2) is 12.1 Å². The number of nitrogens with one attached hydrogen (secondary N) is 1. The van der Waals surface area contributed by atoms with Gasteiger partial charge in [0.2, 0.25) is 0 Å². The van der Waals surface area contributed by atoms with E-state index < -0.39 is 0 Å². The molecule has 1 heterocycles. The van der Waals surface area contributed by atoms with Gasteiger partial charge in [-0.2, -0.15) is 0 Å². The number of pyridine rings is 1. The first-order chi connectivity index (χ1) is 9.60. The van der Waals surface area contributed by atoms with Crippen molar-refractivity contribution in [2.24, 2.45) is 0 Å². The number of methoxy groups -OCH3 is 1. The molecule has 2 atom stereocenters. The van der Waals surface area contributed by atoms with Crippen LogP contribution in [0, 0.1) is 5.82 Å². The number of halogens is 1. The zero-order valence-electron chi connectivity index (χ0n) is 11.9. The van der Waals surface area contributed by atoms with E-state index in [-0.39, 0.29) is 17.9 Å². The van der Waals surface area contributed by atoms with Crippen LogP contribution in [0.15, 0.2) is 42.7 Å². The molecule has 1 aromatic heterocycles. The minimum atomic E-state index is -0.315. The number of benzene rings is 1. The molecule has 1 N–H and O–H groups in total. The fourth-order valence-electron chi connectivity index (χ4n) is 2.14. The summed E-state index contributed by atoms with van der Waals surface area (Å²) in [4.78, 5) is 3.88. The quantitative estimate of drug-likeness (QED) is 0.903. The van der Waals surface area contributed by atoms with Crippen molar-refractivity contribution in [1.82, 2.24) is 10.3 Å². The van der Waals surface area contributed by atoms with Gasteiger partial charge in [-0.1, -0.05) is 12.1 Å². The predicted molar refractivity (Wildman–Crippen MR) is 77.2 cm³/mol. The van der Waals surface area contributed by atoms with Crippen molar-refractivity contribution in [3.63, 3.8) is 0 Å². The third-order valence-electron chi connectivity index (χ3n) is 3.32. The Bertz CT molecular complexity index is 574. The van der Waals surface area contributed by atoms with Gasteiger partial charge < -0.3 is 10.1 Å². The van der Waals surface area contributed by atoms with Crippen molar-refractivity contribution in [1.29, 1.82) is 0 Å². The van der Waals surface area contributed by atoms with Crippen LogP contribution < -0.4 is 10.1 Å². The Labute approximate surface area is 118 Å². The van der Waals surface area contributed by atoms with E-state index in [1.165, 1.54) is 12.3 Å². The molecule has 2 aromatic rings. The fraction of sp³-hybridized carbons (Fsp3) is 0.312. The average molecular weight is 274 g/mol. The first kappa shape index (κ1) is 14.5. The standard InChI is InChI=1S/C16H19FN2O/c1-11(13-5-4-6-16(8-13)20-3)19-12(2)14-7-15(17)10-18-9-14/h4-12,19H,1-3H3/t11-,12?/m0/s1. The highest BCUT2D eigenvalue weighted by Crippen LogP contribution is 2.22. The summed E-state index contributed by atoms with van der Waals surface area (Å²) in [7, 11) is 1.65. The molecule has 0 bridgehead atoms. The minimum absolute atomic E-state index is 0.0133. The molecule has 2 rings (SSSR count). The number of ether oxygens (including phenoxy) is 1. The van der Waals surface area contributed by atoms with Crippen LogP contribution in [0.5, 0.6) is 5.75 Å². The number of nitrogens with zero attached hydrogens (tertiary/aromatic N) is 1. The topological polar surface area (TPSA) is 34.1 Å². The van der Waals surface area contributed by atoms with Crippen molar-refractivity contribution in [3.05, 3.63) is 59.7 Å². The molecule has 0 aliphatic rings. The van der Waals surface area contributed by atoms with Gasteiger partial charge in [0.05, 0.1) is 13.3 Å². The van der Waals surface area contributed by atoms with Crippen molar-refractivity contribution in [2.45, 2.75) is 25.9 Å². The molecule has 4 heteroatoms. The summed E-state index contributed by atoms with van der Waals surface area (Å²) in [5, 5.41) is 3.43. The van der Waals surface area contributed by atoms with Crippen LogP contribution >= 0.6 is 0 Å². The van der Waals surface area contributed by atoms with E-state index in [1.54, 1.807) is 13.3 Å². The number of hydrogen-bond donors (Lipinski definition) is 1. The average Bonchev–Trinajstić information content (AvgIpc) is 2.47. The second-order valence-electron chi connectivity index (χ2n) is 4.82. The monoisotopic (exact) mass is 274 g/mol. The van der Waals surface area contributed by atoms with Gasteiger partial charge in [-0.05, 0) is 43.2 Å². The molecule has 106 valence electrons. The Hall–Kier alpha value is -1.94. The van der Waals surface area contributed by atoms with Crippen LogP contribution in [0.3, 0.4) is 0 Å². The molecule has 0 spiro atoms. The third kappa shape index (κ3) is 3.54. The molecule has 0 aliphatic heterocycles. The maximum Gasteiger partial charge on any atom is 0.141 e. The summed E-state index contributed by atoms with van der Waals surface area (Å²) >= 11 is 0. The zero-order chi connectivity index (χ0) is 14.5. The predicted octanol–water partition coefficient (Wildman–Crippen LogP) is 3.64. The Morgan fingerprint density at radius 2 is 1.85 bits per heavy atom. The summed E-state index contributed by atoms with van der Waals surface area (Å²) in [6, 6.07) is 9.55. The molecule has 0 fully saturated rings. The molecular formula is C16H19FN2O. The number of rotatable bonds is 5. The minimum Gasteiger partial charge on any atom is -0.497 e. The second kappa shape index (κ2) is 6.48. The Morgan fingerprint density at radius 1 is 1.10 bits per heavy atom. The first-order valence-electron chi connectivity index (χ1n) is 6.60. The van der Waals surface area contributed by atoms with Gasteiger partial charge in [-0.3, -0.25) is 4.98 Å². The van der Waals surface area contributed by atoms with E-state index in [4.69, 9.17) is 4.74 Å². The highest BCUT2D eigenvalue weighted by atomic mass is 19.1. The molecule has 1 unspecified atom stereocenters. The third-order valence-corrected chi connectivity index (χ3v) is 3.32. The van der Waals surface area contributed by atoms with Crippen molar-refractivity contribution < 1.29 is 9.13 Å². The highest BCUT2D eigenvalue weighted by molar-refractivity contribution is 5.30. The molecule has 0 saturated heterocycles. The van der Waals surface area contributed by atoms with Gasteiger partial charge in [0.15, 0.2) is 0 Å². The molecule has 0 amide bonds. The Morgan fingerprint density at radius 3 is 2.55 bits per heavy atom. The second-order valence-corrected chi connectivity index (χ2v) is 4.82. The molecule has 20 heavy (non-hydrogen) atoms. The zero-order valence-corrected chi connectivity index (χ0v) is 11.9. The molecular weight excluding hydrogens is 255 g/mol. The van der Waals surface area contributed by atoms with Gasteiger partial charge in [0.1, 0.15) is 11.6 Å². The van der Waals surface area contributed by atoms with E-state index in [1.807, 2.05) is 31.2 Å². The highest BCUT2D eigenvalue weighted by Gasteiger charge is 2.12. The summed E-state index contributed by atoms with van der Waals surface area (Å²) in [5.74, 6) is 0.515. The van der Waals surface area contributed by atoms with Crippen LogP contribution in [0.25, 0.3) is 0 Å². The van der Waals surface area contributed by atoms with Crippen molar-refractivity contribution in [3.8, 4) is 5.75 Å². The van der Waals surface area contributed by atoms with E-state index >= 15 is 0 Å². The Balaban J connectivity index is 2.08. The van der Waals surface area contributed by atoms with Crippen molar-refractivity contribution in [2.75, 3.05) is 7.11 Å². The lowest BCUT2D eigenvalue weighted by molar-refractivity contribution is 0.412. The molecule has 3 nitrogen and oxygen atoms in total. The largest absolute Gasteiger partial charge is 0.497 e. The van der Waals surface area contributed by atoms with Crippen LogP contribution in [0.2, 0.25) is 0 Å². The fourth-order valence-corrected chi connectivity index (χ4v) is 2.14. The lowest BCUT2D eigenvalue weighted by Crippen LogP contribution is -2.22. The lowest BCUT2D eigenvalue weighted by atomic mass is 10.1. The SMILES string of the molecule is COc1cccc([C@H](C)NC(C)c2cncc(F)c2)c1. The number of hydrogen-bond acceptors (Lipinski definition) is 3. The van der Waals surface area contributed by atoms with Crippen LogP contribution in [0.4, 0.5) is 4.39 Å². The summed E-state index contributed by atoms with van der Waals surface area (Å²) in [5.41, 5.74) is 1.96. The van der Waals surface area contributed by atoms with Gasteiger partial charge in [0, 0.05) is 18.3 Å². The maximum absolute atomic E-state index is 13.2. The maximum atomic E-state index is 13.2. The smallest absolute Gasteiger partial charge is 0.141 e. The van der Waals surface area contributed by atoms with Crippen LogP contribution in [0.1, 0.15) is 37.1 Å². The first-order valence-corrected chi connectivity index (χ1v) is 6.60. The van der Waals surface area contributed by atoms with Gasteiger partial charge in [-0.25, -0.2) is 4.39 Å². The summed E-state index contributed by atoms with van der Waals surface area (Å²) < 4.78 is 18.4. The van der Waals surface area contributed by atoms with E-state index in [0.29, 0.717) is 0 Å². The Kier molecular flexibility index (Phi) is 4.69. The van der Waals surface area contributed by atoms with Gasteiger partial charge in [0.25, 0.3) is 0 Å². The molecule has 0 saturated carbocycles. The molecule has 0 aliphatic carbocycles. The van der Waals surface area contributed by atoms with E-state index in [2.05, 4.69) is 17.2 Å². The van der Waals surface area contributed by atoms with E-state index in [9.17, 15) is 4.39 Å². The van der Waals surface area contributed by atoms with Gasteiger partial charge in [-0.15, -0.1) is 0 Å². The summed E-state index contributed by atoms with van der Waals surface area (Å²) in [6.07, 6.45) is 2.89. The van der Waals surface area contributed by atoms with Gasteiger partial charge >= 0.3 is 0 Å². The van der Waals surface area contributed by atoms with Crippen molar-refractivity contribution >= 4 is 0 Å². The number of aromatic nitrogens is 1. The molecule has 0 radical (unpaired) electrons. The lowest BCUT2D eigenvalue weighted by Gasteiger charge is -2.21. The van der Waals surface area contributed by atoms with E-state index in [0.717, 1.165) is 16.9 Å².